The van der Waals surface area contributed by atoms with Crippen LogP contribution in [0.15, 0.2) is 55.1 Å². The summed E-state index contributed by atoms with van der Waals surface area (Å²) in [6.07, 6.45) is 2.23. The number of allylic oxidation sites excluding steroid dienone is 1. The molecule has 0 saturated heterocycles. The van der Waals surface area contributed by atoms with Crippen molar-refractivity contribution in [3.8, 4) is 5.75 Å². The minimum atomic E-state index is -0.425. The molecule has 1 N–H and O–H groups in total. The third-order valence-corrected chi connectivity index (χ3v) is 3.72. The number of nitro groups is 1. The van der Waals surface area contributed by atoms with Crippen LogP contribution in [0.5, 0.6) is 5.75 Å². The number of para-hydroxylation sites is 1. The van der Waals surface area contributed by atoms with Gasteiger partial charge in [0.15, 0.2) is 6.10 Å². The number of hydrogen-bond donors (Lipinski definition) is 1. The number of fused-ring (bicyclic) bond motifs is 1. The molecule has 6 heteroatoms. The highest BCUT2D eigenvalue weighted by Gasteiger charge is 2.16. The van der Waals surface area contributed by atoms with E-state index in [4.69, 9.17) is 4.74 Å². The van der Waals surface area contributed by atoms with Crippen molar-refractivity contribution >= 4 is 16.7 Å². The fraction of sp³-hybridized carbons (Fsp3) is 0.167. The third-order valence-electron chi connectivity index (χ3n) is 3.72. The van der Waals surface area contributed by atoms with Crippen molar-refractivity contribution < 1.29 is 9.66 Å². The lowest BCUT2D eigenvalue weighted by Crippen LogP contribution is -2.06. The summed E-state index contributed by atoms with van der Waals surface area (Å²) in [4.78, 5) is 18.0. The number of aromatic nitrogens is 2. The summed E-state index contributed by atoms with van der Waals surface area (Å²) in [5, 5.41) is 10.9. The van der Waals surface area contributed by atoms with Gasteiger partial charge in [0.1, 0.15) is 11.6 Å². The Kier molecular flexibility index (Phi) is 4.29. The first kappa shape index (κ1) is 15.7. The van der Waals surface area contributed by atoms with Crippen LogP contribution >= 0.6 is 0 Å². The second kappa shape index (κ2) is 6.54. The first-order chi connectivity index (χ1) is 11.6. The second-order valence-electron chi connectivity index (χ2n) is 5.44. The van der Waals surface area contributed by atoms with Gasteiger partial charge in [0.2, 0.25) is 0 Å². The number of hydrogen-bond acceptors (Lipinski definition) is 4. The predicted molar refractivity (Wildman–Crippen MR) is 92.1 cm³/mol. The summed E-state index contributed by atoms with van der Waals surface area (Å²) < 4.78 is 6.02. The van der Waals surface area contributed by atoms with E-state index >= 15 is 0 Å². The van der Waals surface area contributed by atoms with Gasteiger partial charge in [-0.05, 0) is 31.0 Å². The molecule has 3 aromatic rings. The summed E-state index contributed by atoms with van der Waals surface area (Å²) in [5.74, 6) is 1.40. The second-order valence-corrected chi connectivity index (χ2v) is 5.44. The zero-order valence-electron chi connectivity index (χ0n) is 13.2. The van der Waals surface area contributed by atoms with Crippen molar-refractivity contribution in [3.05, 3.63) is 76.6 Å². The van der Waals surface area contributed by atoms with Gasteiger partial charge in [-0.2, -0.15) is 0 Å². The van der Waals surface area contributed by atoms with Gasteiger partial charge in [0, 0.05) is 12.1 Å². The minimum absolute atomic E-state index is 0.0302. The number of imidazole rings is 1. The van der Waals surface area contributed by atoms with Crippen molar-refractivity contribution in [3.63, 3.8) is 0 Å². The molecule has 0 aliphatic rings. The van der Waals surface area contributed by atoms with Crippen molar-refractivity contribution in [2.45, 2.75) is 19.4 Å². The van der Waals surface area contributed by atoms with Crippen LogP contribution < -0.4 is 4.74 Å². The number of aromatic amines is 1. The van der Waals surface area contributed by atoms with Gasteiger partial charge < -0.3 is 9.72 Å². The molecular weight excluding hydrogens is 306 g/mol. The lowest BCUT2D eigenvalue weighted by atomic mass is 10.1. The Morgan fingerprint density at radius 1 is 1.38 bits per heavy atom. The third kappa shape index (κ3) is 3.12. The van der Waals surface area contributed by atoms with E-state index in [0.717, 1.165) is 17.7 Å². The van der Waals surface area contributed by atoms with Crippen LogP contribution in [0.2, 0.25) is 0 Å². The Labute approximate surface area is 139 Å². The summed E-state index contributed by atoms with van der Waals surface area (Å²) in [5.41, 5.74) is 2.37. The maximum Gasteiger partial charge on any atom is 0.271 e. The highest BCUT2D eigenvalue weighted by Crippen LogP contribution is 2.26. The molecule has 122 valence electrons. The van der Waals surface area contributed by atoms with Crippen molar-refractivity contribution in [1.82, 2.24) is 9.97 Å². The van der Waals surface area contributed by atoms with Crippen molar-refractivity contribution in [2.24, 2.45) is 0 Å². The standard InChI is InChI=1S/C18H17N3O3/c1-3-6-13-7-4-5-8-17(13)24-12(2)18-19-15-10-9-14(21(22)23)11-16(15)20-18/h3-5,7-12H,1,6H2,2H3,(H,19,20)/t12-/m0/s1. The molecule has 6 nitrogen and oxygen atoms in total. The predicted octanol–water partition coefficient (Wildman–Crippen LogP) is 4.34. The zero-order chi connectivity index (χ0) is 17.1. The Morgan fingerprint density at radius 3 is 2.92 bits per heavy atom. The first-order valence-corrected chi connectivity index (χ1v) is 7.58. The van der Waals surface area contributed by atoms with E-state index in [0.29, 0.717) is 16.9 Å². The van der Waals surface area contributed by atoms with E-state index < -0.39 is 4.92 Å². The summed E-state index contributed by atoms with van der Waals surface area (Å²) in [6, 6.07) is 12.3. The number of H-pyrrole nitrogens is 1. The normalized spacial score (nSPS) is 12.0. The average Bonchev–Trinajstić information content (AvgIpc) is 3.00. The molecule has 0 saturated carbocycles. The molecule has 0 spiro atoms. The highest BCUT2D eigenvalue weighted by molar-refractivity contribution is 5.77. The van der Waals surface area contributed by atoms with E-state index in [9.17, 15) is 10.1 Å². The monoisotopic (exact) mass is 323 g/mol. The fourth-order valence-electron chi connectivity index (χ4n) is 2.51. The summed E-state index contributed by atoms with van der Waals surface area (Å²) >= 11 is 0. The van der Waals surface area contributed by atoms with Gasteiger partial charge in [0.25, 0.3) is 5.69 Å². The molecule has 0 aliphatic heterocycles. The molecule has 0 unspecified atom stereocenters. The van der Waals surface area contributed by atoms with Gasteiger partial charge in [-0.15, -0.1) is 6.58 Å². The topological polar surface area (TPSA) is 81.1 Å². The molecule has 0 fully saturated rings. The molecule has 3 rings (SSSR count). The van der Waals surface area contributed by atoms with Crippen LogP contribution in [0, 0.1) is 10.1 Å². The zero-order valence-corrected chi connectivity index (χ0v) is 13.2. The maximum absolute atomic E-state index is 10.9. The van der Waals surface area contributed by atoms with E-state index in [1.807, 2.05) is 37.3 Å². The average molecular weight is 323 g/mol. The molecule has 0 amide bonds. The van der Waals surface area contributed by atoms with Gasteiger partial charge in [-0.3, -0.25) is 10.1 Å². The van der Waals surface area contributed by atoms with E-state index in [1.165, 1.54) is 12.1 Å². The number of nitro benzene ring substituents is 1. The van der Waals surface area contributed by atoms with E-state index in [-0.39, 0.29) is 11.8 Å². The fourth-order valence-corrected chi connectivity index (χ4v) is 2.51. The highest BCUT2D eigenvalue weighted by atomic mass is 16.6. The lowest BCUT2D eigenvalue weighted by molar-refractivity contribution is -0.384. The first-order valence-electron chi connectivity index (χ1n) is 7.58. The minimum Gasteiger partial charge on any atom is -0.483 e. The van der Waals surface area contributed by atoms with Crippen LogP contribution in [0.3, 0.4) is 0 Å². The molecule has 1 heterocycles. The van der Waals surface area contributed by atoms with Gasteiger partial charge in [-0.1, -0.05) is 24.3 Å². The SMILES string of the molecule is C=CCc1ccccc1O[C@@H](C)c1nc2ccc([N+](=O)[O-])cc2[nH]1. The molecule has 24 heavy (non-hydrogen) atoms. The Balaban J connectivity index is 1.87. The number of non-ortho nitro benzene ring substituents is 1. The Morgan fingerprint density at radius 2 is 2.17 bits per heavy atom. The number of rotatable bonds is 6. The summed E-state index contributed by atoms with van der Waals surface area (Å²) in [6.45, 7) is 5.64. The van der Waals surface area contributed by atoms with E-state index in [1.54, 1.807) is 6.07 Å². The molecule has 2 aromatic carbocycles. The van der Waals surface area contributed by atoms with Crippen LogP contribution in [0.25, 0.3) is 11.0 Å². The van der Waals surface area contributed by atoms with Crippen molar-refractivity contribution in [2.75, 3.05) is 0 Å². The van der Waals surface area contributed by atoms with Gasteiger partial charge >= 0.3 is 0 Å². The number of nitrogens with zero attached hydrogens (tertiary/aromatic N) is 2. The summed E-state index contributed by atoms with van der Waals surface area (Å²) in [7, 11) is 0. The van der Waals surface area contributed by atoms with Crippen molar-refractivity contribution in [1.29, 1.82) is 0 Å². The number of nitrogens with one attached hydrogen (secondary N) is 1. The molecule has 1 aromatic heterocycles. The smallest absolute Gasteiger partial charge is 0.271 e. The largest absolute Gasteiger partial charge is 0.483 e. The van der Waals surface area contributed by atoms with Crippen LogP contribution in [-0.4, -0.2) is 14.9 Å². The molecule has 0 radical (unpaired) electrons. The Bertz CT molecular complexity index is 901. The molecule has 0 bridgehead atoms. The molecule has 0 aliphatic carbocycles. The van der Waals surface area contributed by atoms with Crippen LogP contribution in [0.1, 0.15) is 24.4 Å². The maximum atomic E-state index is 10.9. The van der Waals surface area contributed by atoms with Gasteiger partial charge in [0.05, 0.1) is 16.0 Å². The van der Waals surface area contributed by atoms with E-state index in [2.05, 4.69) is 16.5 Å². The number of ether oxygens (including phenoxy) is 1. The lowest BCUT2D eigenvalue weighted by Gasteiger charge is -2.15. The molecule has 1 atom stereocenters. The Hall–Kier alpha value is -3.15. The van der Waals surface area contributed by atoms with Crippen LogP contribution in [-0.2, 0) is 6.42 Å². The molecular formula is C18H17N3O3. The van der Waals surface area contributed by atoms with Gasteiger partial charge in [-0.25, -0.2) is 4.98 Å². The quantitative estimate of drug-likeness (QED) is 0.415. The van der Waals surface area contributed by atoms with Crippen LogP contribution in [0.4, 0.5) is 5.69 Å². The number of benzene rings is 2.